The molecule has 3 amide bonds. The van der Waals surface area contributed by atoms with E-state index in [1.807, 2.05) is 26.0 Å². The molecule has 2 aliphatic carbocycles. The van der Waals surface area contributed by atoms with E-state index in [2.05, 4.69) is 11.4 Å². The van der Waals surface area contributed by atoms with Gasteiger partial charge in [0.15, 0.2) is 0 Å². The molecule has 1 saturated heterocycles. The maximum absolute atomic E-state index is 12.9. The molecule has 3 fully saturated rings. The van der Waals surface area contributed by atoms with Crippen molar-refractivity contribution in [3.8, 4) is 0 Å². The van der Waals surface area contributed by atoms with E-state index in [0.29, 0.717) is 23.1 Å². The van der Waals surface area contributed by atoms with Gasteiger partial charge in [-0.15, -0.1) is 0 Å². The second-order valence-electron chi connectivity index (χ2n) is 8.77. The number of fused-ring (bicyclic) bond motifs is 5. The van der Waals surface area contributed by atoms with Crippen molar-refractivity contribution < 1.29 is 14.4 Å². The molecule has 2 aromatic rings. The Morgan fingerprint density at radius 2 is 1.45 bits per heavy atom. The highest BCUT2D eigenvalue weighted by molar-refractivity contribution is 6.22. The molecule has 5 nitrogen and oxygen atoms in total. The topological polar surface area (TPSA) is 66.5 Å². The monoisotopic (exact) mass is 388 g/mol. The van der Waals surface area contributed by atoms with Crippen LogP contribution in [0, 0.1) is 37.5 Å². The van der Waals surface area contributed by atoms with Gasteiger partial charge in [-0.3, -0.25) is 19.3 Å². The van der Waals surface area contributed by atoms with Crippen LogP contribution in [0.15, 0.2) is 42.5 Å². The third-order valence-corrected chi connectivity index (χ3v) is 6.79. The van der Waals surface area contributed by atoms with Crippen LogP contribution in [-0.2, 0) is 9.59 Å². The van der Waals surface area contributed by atoms with Crippen LogP contribution in [0.2, 0.25) is 0 Å². The van der Waals surface area contributed by atoms with Crippen molar-refractivity contribution in [2.45, 2.75) is 33.1 Å². The average molecular weight is 388 g/mol. The SMILES string of the molecule is Cc1cc(C)cc(NC(=O)c2ccc(N3C(=O)[C@H]4[C@H]5CC[C@@H](C5)[C@@H]4C3=O)cc2)c1. The molecule has 2 aromatic carbocycles. The predicted molar refractivity (Wildman–Crippen MR) is 111 cm³/mol. The van der Waals surface area contributed by atoms with Gasteiger partial charge >= 0.3 is 0 Å². The number of aryl methyl sites for hydroxylation is 2. The molecule has 0 radical (unpaired) electrons. The van der Waals surface area contributed by atoms with E-state index >= 15 is 0 Å². The van der Waals surface area contributed by atoms with Crippen LogP contribution in [0.5, 0.6) is 0 Å². The second-order valence-corrected chi connectivity index (χ2v) is 8.77. The first-order valence-corrected chi connectivity index (χ1v) is 10.3. The lowest BCUT2D eigenvalue weighted by atomic mass is 9.81. The first kappa shape index (κ1) is 18.1. The molecule has 3 aliphatic rings. The molecule has 1 N–H and O–H groups in total. The van der Waals surface area contributed by atoms with E-state index < -0.39 is 0 Å². The molecular weight excluding hydrogens is 364 g/mol. The van der Waals surface area contributed by atoms with Crippen LogP contribution in [0.25, 0.3) is 0 Å². The number of nitrogens with zero attached hydrogens (tertiary/aromatic N) is 1. The van der Waals surface area contributed by atoms with Gasteiger partial charge in [-0.2, -0.15) is 0 Å². The fraction of sp³-hybridized carbons (Fsp3) is 0.375. The number of rotatable bonds is 3. The first-order chi connectivity index (χ1) is 13.9. The van der Waals surface area contributed by atoms with Crippen molar-refractivity contribution in [1.29, 1.82) is 0 Å². The number of hydrogen-bond donors (Lipinski definition) is 1. The van der Waals surface area contributed by atoms with Gasteiger partial charge in [0.25, 0.3) is 5.91 Å². The molecule has 0 unspecified atom stereocenters. The summed E-state index contributed by atoms with van der Waals surface area (Å²) >= 11 is 0. The minimum atomic E-state index is -0.212. The number of nitrogens with one attached hydrogen (secondary N) is 1. The van der Waals surface area contributed by atoms with Gasteiger partial charge in [0.2, 0.25) is 11.8 Å². The zero-order valence-corrected chi connectivity index (χ0v) is 16.6. The molecule has 148 valence electrons. The van der Waals surface area contributed by atoms with Gasteiger partial charge in [-0.05, 0) is 92.5 Å². The van der Waals surface area contributed by atoms with Crippen LogP contribution in [0.3, 0.4) is 0 Å². The third kappa shape index (κ3) is 2.87. The van der Waals surface area contributed by atoms with E-state index in [1.165, 1.54) is 4.90 Å². The quantitative estimate of drug-likeness (QED) is 0.806. The van der Waals surface area contributed by atoms with Crippen molar-refractivity contribution in [1.82, 2.24) is 0 Å². The largest absolute Gasteiger partial charge is 0.322 e. The van der Waals surface area contributed by atoms with Crippen molar-refractivity contribution in [3.63, 3.8) is 0 Å². The van der Waals surface area contributed by atoms with Gasteiger partial charge in [0.1, 0.15) is 0 Å². The summed E-state index contributed by atoms with van der Waals surface area (Å²) in [5, 5.41) is 2.91. The summed E-state index contributed by atoms with van der Waals surface area (Å²) in [6, 6.07) is 12.7. The molecule has 2 saturated carbocycles. The number of amides is 3. The fourth-order valence-corrected chi connectivity index (χ4v) is 5.68. The van der Waals surface area contributed by atoms with E-state index in [1.54, 1.807) is 24.3 Å². The Balaban J connectivity index is 1.34. The van der Waals surface area contributed by atoms with Crippen molar-refractivity contribution >= 4 is 29.1 Å². The third-order valence-electron chi connectivity index (χ3n) is 6.79. The molecule has 29 heavy (non-hydrogen) atoms. The number of carbonyl (C=O) groups excluding carboxylic acids is 3. The summed E-state index contributed by atoms with van der Waals surface area (Å²) < 4.78 is 0. The fourth-order valence-electron chi connectivity index (χ4n) is 5.68. The Bertz CT molecular complexity index is 979. The highest BCUT2D eigenvalue weighted by Gasteiger charge is 2.61. The zero-order chi connectivity index (χ0) is 20.3. The smallest absolute Gasteiger partial charge is 0.255 e. The maximum Gasteiger partial charge on any atom is 0.255 e. The summed E-state index contributed by atoms with van der Waals surface area (Å²) in [6.07, 6.45) is 3.16. The van der Waals surface area contributed by atoms with Crippen molar-refractivity contribution in [3.05, 3.63) is 59.2 Å². The normalized spacial score (nSPS) is 27.4. The molecule has 4 atom stereocenters. The Labute approximate surface area is 170 Å². The second kappa shape index (κ2) is 6.55. The minimum Gasteiger partial charge on any atom is -0.322 e. The number of anilines is 2. The van der Waals surface area contributed by atoms with E-state index in [9.17, 15) is 14.4 Å². The molecule has 1 aliphatic heterocycles. The average Bonchev–Trinajstić information content (AvgIpc) is 3.35. The Kier molecular flexibility index (Phi) is 4.09. The molecule has 0 spiro atoms. The highest BCUT2D eigenvalue weighted by atomic mass is 16.2. The van der Waals surface area contributed by atoms with E-state index in [-0.39, 0.29) is 29.6 Å². The number of hydrogen-bond acceptors (Lipinski definition) is 3. The first-order valence-electron chi connectivity index (χ1n) is 10.3. The summed E-state index contributed by atoms with van der Waals surface area (Å²) in [7, 11) is 0. The van der Waals surface area contributed by atoms with Crippen LogP contribution in [-0.4, -0.2) is 17.7 Å². The Hall–Kier alpha value is -2.95. The van der Waals surface area contributed by atoms with Crippen LogP contribution >= 0.6 is 0 Å². The van der Waals surface area contributed by atoms with Gasteiger partial charge in [0, 0.05) is 11.3 Å². The predicted octanol–water partition coefficient (Wildman–Crippen LogP) is 4.09. The van der Waals surface area contributed by atoms with E-state index in [4.69, 9.17) is 0 Å². The molecule has 2 bridgehead atoms. The summed E-state index contributed by atoms with van der Waals surface area (Å²) in [5.74, 6) is 0.154. The van der Waals surface area contributed by atoms with Gasteiger partial charge in [-0.1, -0.05) is 6.07 Å². The molecule has 5 heteroatoms. The number of carbonyl (C=O) groups is 3. The minimum absolute atomic E-state index is 0.0559. The Morgan fingerprint density at radius 3 is 2.00 bits per heavy atom. The van der Waals surface area contributed by atoms with Crippen molar-refractivity contribution in [2.24, 2.45) is 23.7 Å². The summed E-state index contributed by atoms with van der Waals surface area (Å²) in [4.78, 5) is 39.8. The highest BCUT2D eigenvalue weighted by Crippen LogP contribution is 2.56. The lowest BCUT2D eigenvalue weighted by Gasteiger charge is -2.19. The van der Waals surface area contributed by atoms with Crippen LogP contribution in [0.4, 0.5) is 11.4 Å². The van der Waals surface area contributed by atoms with Crippen LogP contribution in [0.1, 0.15) is 40.7 Å². The maximum atomic E-state index is 12.9. The molecule has 1 heterocycles. The Morgan fingerprint density at radius 1 is 0.897 bits per heavy atom. The molecular formula is C24H24N2O3. The van der Waals surface area contributed by atoms with E-state index in [0.717, 1.165) is 36.1 Å². The number of imide groups is 1. The molecule has 0 aromatic heterocycles. The molecule has 5 rings (SSSR count). The van der Waals surface area contributed by atoms with Gasteiger partial charge < -0.3 is 5.32 Å². The van der Waals surface area contributed by atoms with Gasteiger partial charge in [0.05, 0.1) is 17.5 Å². The summed E-state index contributed by atoms with van der Waals surface area (Å²) in [6.45, 7) is 3.98. The lowest BCUT2D eigenvalue weighted by Crippen LogP contribution is -2.32. The lowest BCUT2D eigenvalue weighted by molar-refractivity contribution is -0.123. The standard InChI is InChI=1S/C24H24N2O3/c1-13-9-14(2)11-18(10-13)25-22(27)15-5-7-19(8-6-15)26-23(28)20-16-3-4-17(12-16)21(20)24(26)29/h5-11,16-17,20-21H,3-4,12H2,1-2H3,(H,25,27)/t16-,17-,20-,21-/m0/s1. The zero-order valence-electron chi connectivity index (χ0n) is 16.6. The number of benzene rings is 2. The van der Waals surface area contributed by atoms with Gasteiger partial charge in [-0.25, -0.2) is 0 Å². The van der Waals surface area contributed by atoms with Crippen LogP contribution < -0.4 is 10.2 Å². The van der Waals surface area contributed by atoms with Crippen molar-refractivity contribution in [2.75, 3.05) is 10.2 Å². The summed E-state index contributed by atoms with van der Waals surface area (Å²) in [5.41, 5.74) is 3.98.